The highest BCUT2D eigenvalue weighted by atomic mass is 32.2. The van der Waals surface area contributed by atoms with Crippen LogP contribution >= 0.6 is 11.3 Å². The Morgan fingerprint density at radius 1 is 1.56 bits per heavy atom. The van der Waals surface area contributed by atoms with Gasteiger partial charge in [-0.2, -0.15) is 13.1 Å². The first-order valence-electron chi connectivity index (χ1n) is 4.73. The van der Waals surface area contributed by atoms with E-state index in [2.05, 4.69) is 14.4 Å². The first-order chi connectivity index (χ1) is 7.46. The van der Waals surface area contributed by atoms with Gasteiger partial charge in [0.2, 0.25) is 0 Å². The number of ketones is 1. The van der Waals surface area contributed by atoms with E-state index in [1.165, 1.54) is 12.3 Å². The van der Waals surface area contributed by atoms with E-state index in [1.54, 1.807) is 0 Å². The molecule has 0 bridgehead atoms. The highest BCUT2D eigenvalue weighted by Gasteiger charge is 2.27. The van der Waals surface area contributed by atoms with Gasteiger partial charge in [0.25, 0.3) is 0 Å². The summed E-state index contributed by atoms with van der Waals surface area (Å²) in [6.45, 7) is 1.38. The minimum atomic E-state index is -3.55. The zero-order valence-corrected chi connectivity index (χ0v) is 10.2. The van der Waals surface area contributed by atoms with Gasteiger partial charge in [-0.1, -0.05) is 0 Å². The highest BCUT2D eigenvalue weighted by Crippen LogP contribution is 2.21. The van der Waals surface area contributed by atoms with Gasteiger partial charge in [0, 0.05) is 18.3 Å². The predicted molar refractivity (Wildman–Crippen MR) is 60.8 cm³/mol. The molecule has 0 aliphatic heterocycles. The number of anilines is 1. The SMILES string of the molecule is CC(=O)c1csc(NS(=O)(=O)NC2CC2)n1. The summed E-state index contributed by atoms with van der Waals surface area (Å²) >= 11 is 1.09. The Hall–Kier alpha value is -0.990. The number of hydrogen-bond acceptors (Lipinski definition) is 5. The van der Waals surface area contributed by atoms with Crippen molar-refractivity contribution in [2.45, 2.75) is 25.8 Å². The van der Waals surface area contributed by atoms with Gasteiger partial charge < -0.3 is 0 Å². The molecule has 88 valence electrons. The van der Waals surface area contributed by atoms with Crippen LogP contribution in [0.3, 0.4) is 0 Å². The molecule has 16 heavy (non-hydrogen) atoms. The fourth-order valence-corrected chi connectivity index (χ4v) is 3.17. The second kappa shape index (κ2) is 4.11. The monoisotopic (exact) mass is 261 g/mol. The molecule has 1 fully saturated rings. The number of hydrogen-bond donors (Lipinski definition) is 2. The van der Waals surface area contributed by atoms with Gasteiger partial charge in [0.15, 0.2) is 10.9 Å². The maximum Gasteiger partial charge on any atom is 0.301 e. The van der Waals surface area contributed by atoms with Crippen molar-refractivity contribution in [2.75, 3.05) is 4.72 Å². The fourth-order valence-electron chi connectivity index (χ4n) is 1.05. The molecular weight excluding hydrogens is 250 g/mol. The maximum atomic E-state index is 11.5. The number of Topliss-reactive ketones (excluding diaryl/α,β-unsaturated/α-hetero) is 1. The molecule has 0 aromatic carbocycles. The number of thiazole rings is 1. The lowest BCUT2D eigenvalue weighted by atomic mass is 10.4. The first-order valence-corrected chi connectivity index (χ1v) is 7.09. The molecule has 1 aliphatic carbocycles. The van der Waals surface area contributed by atoms with Crippen LogP contribution in [0.1, 0.15) is 30.3 Å². The smallest absolute Gasteiger partial charge is 0.293 e. The lowest BCUT2D eigenvalue weighted by molar-refractivity contribution is 0.101. The van der Waals surface area contributed by atoms with Crippen LogP contribution < -0.4 is 9.44 Å². The molecule has 0 atom stereocenters. The van der Waals surface area contributed by atoms with Crippen molar-refractivity contribution in [1.82, 2.24) is 9.71 Å². The average molecular weight is 261 g/mol. The van der Waals surface area contributed by atoms with E-state index < -0.39 is 10.2 Å². The number of carbonyl (C=O) groups excluding carboxylic acids is 1. The van der Waals surface area contributed by atoms with E-state index in [0.29, 0.717) is 0 Å². The summed E-state index contributed by atoms with van der Waals surface area (Å²) < 4.78 is 27.7. The third-order valence-electron chi connectivity index (χ3n) is 1.99. The summed E-state index contributed by atoms with van der Waals surface area (Å²) in [5, 5.41) is 1.73. The first kappa shape index (κ1) is 11.5. The third kappa shape index (κ3) is 3.00. The van der Waals surface area contributed by atoms with Crippen molar-refractivity contribution < 1.29 is 13.2 Å². The van der Waals surface area contributed by atoms with Crippen molar-refractivity contribution in [3.8, 4) is 0 Å². The average Bonchev–Trinajstić information content (AvgIpc) is 2.80. The molecule has 2 N–H and O–H groups in total. The second-order valence-electron chi connectivity index (χ2n) is 3.59. The predicted octanol–water partition coefficient (Wildman–Crippen LogP) is 0.754. The number of nitrogens with zero attached hydrogens (tertiary/aromatic N) is 1. The standard InChI is InChI=1S/C8H11N3O3S2/c1-5(12)7-4-15-8(9-7)11-16(13,14)10-6-2-3-6/h4,6,10H,2-3H2,1H3,(H,9,11). The van der Waals surface area contributed by atoms with Gasteiger partial charge in [0.1, 0.15) is 5.69 Å². The molecule has 1 heterocycles. The Labute approximate surface area is 97.3 Å². The Bertz CT molecular complexity index is 504. The van der Waals surface area contributed by atoms with E-state index in [-0.39, 0.29) is 22.7 Å². The van der Waals surface area contributed by atoms with Crippen molar-refractivity contribution in [3.05, 3.63) is 11.1 Å². The van der Waals surface area contributed by atoms with Gasteiger partial charge >= 0.3 is 10.2 Å². The van der Waals surface area contributed by atoms with Gasteiger partial charge in [-0.05, 0) is 12.8 Å². The van der Waals surface area contributed by atoms with Crippen LogP contribution in [0.2, 0.25) is 0 Å². The van der Waals surface area contributed by atoms with Crippen LogP contribution in [-0.4, -0.2) is 25.2 Å². The summed E-state index contributed by atoms with van der Waals surface area (Å²) in [5.74, 6) is -0.183. The minimum Gasteiger partial charge on any atom is -0.293 e. The zero-order valence-electron chi connectivity index (χ0n) is 8.56. The second-order valence-corrected chi connectivity index (χ2v) is 5.90. The molecule has 0 saturated heterocycles. The van der Waals surface area contributed by atoms with Gasteiger partial charge in [0.05, 0.1) is 0 Å². The molecule has 1 aromatic heterocycles. The molecule has 0 amide bonds. The molecule has 1 aromatic rings. The van der Waals surface area contributed by atoms with Gasteiger partial charge in [-0.15, -0.1) is 11.3 Å². The molecule has 1 aliphatic rings. The van der Waals surface area contributed by atoms with Crippen LogP contribution in [0.4, 0.5) is 5.13 Å². The van der Waals surface area contributed by atoms with E-state index in [4.69, 9.17) is 0 Å². The summed E-state index contributed by atoms with van der Waals surface area (Å²) in [4.78, 5) is 14.8. The van der Waals surface area contributed by atoms with Crippen molar-refractivity contribution in [1.29, 1.82) is 0 Å². The fraction of sp³-hybridized carbons (Fsp3) is 0.500. The Kier molecular flexibility index (Phi) is 2.96. The molecule has 0 spiro atoms. The van der Waals surface area contributed by atoms with Crippen molar-refractivity contribution in [2.24, 2.45) is 0 Å². The van der Waals surface area contributed by atoms with Crippen LogP contribution in [0.5, 0.6) is 0 Å². The number of carbonyl (C=O) groups is 1. The summed E-state index contributed by atoms with van der Waals surface area (Å²) in [6, 6.07) is 0.0461. The number of rotatable bonds is 5. The van der Waals surface area contributed by atoms with Gasteiger partial charge in [-0.25, -0.2) is 9.71 Å². The lowest BCUT2D eigenvalue weighted by Crippen LogP contribution is -2.31. The molecule has 0 unspecified atom stereocenters. The Balaban J connectivity index is 2.04. The number of nitrogens with one attached hydrogen (secondary N) is 2. The van der Waals surface area contributed by atoms with Crippen molar-refractivity contribution in [3.63, 3.8) is 0 Å². The highest BCUT2D eigenvalue weighted by molar-refractivity contribution is 7.91. The molecular formula is C8H11N3O3S2. The van der Waals surface area contributed by atoms with Crippen molar-refractivity contribution >= 4 is 32.5 Å². The molecule has 0 radical (unpaired) electrons. The lowest BCUT2D eigenvalue weighted by Gasteiger charge is -2.04. The van der Waals surface area contributed by atoms with Crippen LogP contribution in [0.25, 0.3) is 0 Å². The topological polar surface area (TPSA) is 88.2 Å². The Morgan fingerprint density at radius 2 is 2.25 bits per heavy atom. The van der Waals surface area contributed by atoms with Crippen LogP contribution in [0, 0.1) is 0 Å². The molecule has 8 heteroatoms. The zero-order chi connectivity index (χ0) is 11.8. The number of aromatic nitrogens is 1. The summed E-state index contributed by atoms with van der Waals surface area (Å²) in [7, 11) is -3.55. The van der Waals surface area contributed by atoms with Crippen LogP contribution in [0.15, 0.2) is 5.38 Å². The molecule has 1 saturated carbocycles. The Morgan fingerprint density at radius 3 is 2.75 bits per heavy atom. The quantitative estimate of drug-likeness (QED) is 0.766. The van der Waals surface area contributed by atoms with E-state index in [0.717, 1.165) is 24.2 Å². The van der Waals surface area contributed by atoms with Crippen LogP contribution in [-0.2, 0) is 10.2 Å². The normalized spacial score (nSPS) is 16.1. The summed E-state index contributed by atoms with van der Waals surface area (Å²) in [5.41, 5.74) is 0.272. The van der Waals surface area contributed by atoms with E-state index in [9.17, 15) is 13.2 Å². The molecule has 2 rings (SSSR count). The van der Waals surface area contributed by atoms with E-state index in [1.807, 2.05) is 0 Å². The third-order valence-corrected chi connectivity index (χ3v) is 3.98. The minimum absolute atomic E-state index is 0.0461. The maximum absolute atomic E-state index is 11.5. The van der Waals surface area contributed by atoms with Gasteiger partial charge in [-0.3, -0.25) is 4.79 Å². The van der Waals surface area contributed by atoms with E-state index >= 15 is 0 Å². The molecule has 6 nitrogen and oxygen atoms in total. The summed E-state index contributed by atoms with van der Waals surface area (Å²) in [6.07, 6.45) is 1.74. The largest absolute Gasteiger partial charge is 0.301 e.